The first-order valence-electron chi connectivity index (χ1n) is 5.35. The molecule has 0 aliphatic rings. The normalized spacial score (nSPS) is 10.4. The first kappa shape index (κ1) is 11.0. The Kier molecular flexibility index (Phi) is 3.16. The van der Waals surface area contributed by atoms with E-state index in [9.17, 15) is 0 Å². The first-order chi connectivity index (χ1) is 7.70. The molecule has 1 nitrogen and oxygen atoms in total. The Morgan fingerprint density at radius 2 is 1.94 bits per heavy atom. The van der Waals surface area contributed by atoms with Crippen molar-refractivity contribution in [3.8, 4) is 11.1 Å². The highest BCUT2D eigenvalue weighted by molar-refractivity contribution is 6.33. The lowest BCUT2D eigenvalue weighted by Gasteiger charge is -2.07. The fraction of sp³-hybridized carbons (Fsp3) is 0.143. The number of anilines is 1. The van der Waals surface area contributed by atoms with Crippen LogP contribution in [0.15, 0.2) is 42.5 Å². The SMILES string of the molecule is CCc1cccc(-c2ccc(N)cc2Cl)c1. The molecule has 0 bridgehead atoms. The number of hydrogen-bond acceptors (Lipinski definition) is 1. The van der Waals surface area contributed by atoms with Crippen LogP contribution in [0.5, 0.6) is 0 Å². The number of nitrogens with two attached hydrogens (primary N) is 1. The van der Waals surface area contributed by atoms with Gasteiger partial charge in [0.25, 0.3) is 0 Å². The van der Waals surface area contributed by atoms with E-state index < -0.39 is 0 Å². The van der Waals surface area contributed by atoms with Crippen LogP contribution in [-0.4, -0.2) is 0 Å². The third kappa shape index (κ3) is 2.20. The zero-order valence-electron chi connectivity index (χ0n) is 9.20. The third-order valence-corrected chi connectivity index (χ3v) is 2.95. The van der Waals surface area contributed by atoms with E-state index in [-0.39, 0.29) is 0 Å². The molecule has 0 unspecified atom stereocenters. The first-order valence-corrected chi connectivity index (χ1v) is 5.73. The van der Waals surface area contributed by atoms with E-state index >= 15 is 0 Å². The molecule has 0 aromatic heterocycles. The van der Waals surface area contributed by atoms with Crippen LogP contribution in [0.2, 0.25) is 5.02 Å². The highest BCUT2D eigenvalue weighted by Crippen LogP contribution is 2.29. The number of rotatable bonds is 2. The molecule has 0 spiro atoms. The van der Waals surface area contributed by atoms with Gasteiger partial charge in [0, 0.05) is 11.3 Å². The summed E-state index contributed by atoms with van der Waals surface area (Å²) in [5.74, 6) is 0. The van der Waals surface area contributed by atoms with E-state index in [0.717, 1.165) is 17.5 Å². The Balaban J connectivity index is 2.49. The summed E-state index contributed by atoms with van der Waals surface area (Å²) in [5, 5.41) is 0.702. The van der Waals surface area contributed by atoms with Gasteiger partial charge in [0.05, 0.1) is 5.02 Å². The summed E-state index contributed by atoms with van der Waals surface area (Å²) in [5.41, 5.74) is 9.86. The second-order valence-corrected chi connectivity index (χ2v) is 4.20. The topological polar surface area (TPSA) is 26.0 Å². The van der Waals surface area contributed by atoms with Crippen LogP contribution in [0.25, 0.3) is 11.1 Å². The molecule has 0 saturated carbocycles. The van der Waals surface area contributed by atoms with Gasteiger partial charge in [-0.25, -0.2) is 0 Å². The predicted octanol–water partition coefficient (Wildman–Crippen LogP) is 4.15. The van der Waals surface area contributed by atoms with Crippen LogP contribution in [0.1, 0.15) is 12.5 Å². The van der Waals surface area contributed by atoms with Crippen LogP contribution in [0, 0.1) is 0 Å². The highest BCUT2D eigenvalue weighted by atomic mass is 35.5. The smallest absolute Gasteiger partial charge is 0.0504 e. The van der Waals surface area contributed by atoms with Crippen molar-refractivity contribution < 1.29 is 0 Å². The summed E-state index contributed by atoms with van der Waals surface area (Å²) in [4.78, 5) is 0. The van der Waals surface area contributed by atoms with Crippen molar-refractivity contribution in [1.29, 1.82) is 0 Å². The lowest BCUT2D eigenvalue weighted by molar-refractivity contribution is 1.14. The molecule has 0 radical (unpaired) electrons. The van der Waals surface area contributed by atoms with E-state index in [1.54, 1.807) is 6.07 Å². The minimum Gasteiger partial charge on any atom is -0.399 e. The summed E-state index contributed by atoms with van der Waals surface area (Å²) in [7, 11) is 0. The summed E-state index contributed by atoms with van der Waals surface area (Å²) in [6.45, 7) is 2.14. The van der Waals surface area contributed by atoms with E-state index in [1.807, 2.05) is 12.1 Å². The van der Waals surface area contributed by atoms with Crippen LogP contribution in [0.4, 0.5) is 5.69 Å². The van der Waals surface area contributed by atoms with Gasteiger partial charge in [-0.3, -0.25) is 0 Å². The van der Waals surface area contributed by atoms with Gasteiger partial charge in [0.15, 0.2) is 0 Å². The van der Waals surface area contributed by atoms with Gasteiger partial charge in [0.2, 0.25) is 0 Å². The fourth-order valence-corrected chi connectivity index (χ4v) is 2.02. The molecule has 2 aromatic carbocycles. The molecular weight excluding hydrogens is 218 g/mol. The Morgan fingerprint density at radius 3 is 2.62 bits per heavy atom. The molecule has 2 rings (SSSR count). The van der Waals surface area contributed by atoms with Gasteiger partial charge >= 0.3 is 0 Å². The minimum absolute atomic E-state index is 0.695. The Morgan fingerprint density at radius 1 is 1.12 bits per heavy atom. The average molecular weight is 232 g/mol. The van der Waals surface area contributed by atoms with Crippen LogP contribution < -0.4 is 5.73 Å². The molecule has 0 amide bonds. The van der Waals surface area contributed by atoms with E-state index in [2.05, 4.69) is 31.2 Å². The second kappa shape index (κ2) is 4.58. The average Bonchev–Trinajstić information content (AvgIpc) is 2.29. The second-order valence-electron chi connectivity index (χ2n) is 3.79. The molecular formula is C14H14ClN. The van der Waals surface area contributed by atoms with Crippen molar-refractivity contribution in [2.75, 3.05) is 5.73 Å². The summed E-state index contributed by atoms with van der Waals surface area (Å²) < 4.78 is 0. The molecule has 16 heavy (non-hydrogen) atoms. The van der Waals surface area contributed by atoms with Crippen molar-refractivity contribution in [3.63, 3.8) is 0 Å². The number of halogens is 1. The largest absolute Gasteiger partial charge is 0.399 e. The zero-order valence-corrected chi connectivity index (χ0v) is 9.96. The Bertz CT molecular complexity index is 506. The van der Waals surface area contributed by atoms with Crippen molar-refractivity contribution in [2.24, 2.45) is 0 Å². The predicted molar refractivity (Wildman–Crippen MR) is 70.7 cm³/mol. The molecule has 82 valence electrons. The van der Waals surface area contributed by atoms with Crippen molar-refractivity contribution in [2.45, 2.75) is 13.3 Å². The van der Waals surface area contributed by atoms with Gasteiger partial charge < -0.3 is 5.73 Å². The fourth-order valence-electron chi connectivity index (χ4n) is 1.72. The Labute approximate surface area is 101 Å². The van der Waals surface area contributed by atoms with Crippen LogP contribution in [0.3, 0.4) is 0 Å². The summed E-state index contributed by atoms with van der Waals surface area (Å²) in [6, 6.07) is 14.0. The summed E-state index contributed by atoms with van der Waals surface area (Å²) in [6.07, 6.45) is 1.03. The van der Waals surface area contributed by atoms with Gasteiger partial charge in [0.1, 0.15) is 0 Å². The third-order valence-electron chi connectivity index (χ3n) is 2.64. The molecule has 0 saturated heterocycles. The lowest BCUT2D eigenvalue weighted by Crippen LogP contribution is -1.87. The monoisotopic (exact) mass is 231 g/mol. The summed E-state index contributed by atoms with van der Waals surface area (Å²) >= 11 is 6.18. The number of aryl methyl sites for hydroxylation is 1. The van der Waals surface area contributed by atoms with E-state index in [0.29, 0.717) is 10.7 Å². The van der Waals surface area contributed by atoms with E-state index in [1.165, 1.54) is 5.56 Å². The lowest BCUT2D eigenvalue weighted by atomic mass is 10.0. The van der Waals surface area contributed by atoms with Crippen LogP contribution in [-0.2, 0) is 6.42 Å². The number of nitrogen functional groups attached to an aromatic ring is 1. The molecule has 2 aromatic rings. The molecule has 2 heteroatoms. The maximum Gasteiger partial charge on any atom is 0.0504 e. The quantitative estimate of drug-likeness (QED) is 0.772. The van der Waals surface area contributed by atoms with Crippen LogP contribution >= 0.6 is 11.6 Å². The Hall–Kier alpha value is -1.47. The van der Waals surface area contributed by atoms with Crippen molar-refractivity contribution in [1.82, 2.24) is 0 Å². The maximum absolute atomic E-state index is 6.18. The zero-order chi connectivity index (χ0) is 11.5. The molecule has 0 atom stereocenters. The van der Waals surface area contributed by atoms with Gasteiger partial charge in [-0.1, -0.05) is 48.9 Å². The maximum atomic E-state index is 6.18. The number of benzene rings is 2. The number of hydrogen-bond donors (Lipinski definition) is 1. The molecule has 0 fully saturated rings. The molecule has 0 aliphatic carbocycles. The van der Waals surface area contributed by atoms with Gasteiger partial charge in [-0.05, 0) is 29.7 Å². The van der Waals surface area contributed by atoms with Gasteiger partial charge in [-0.2, -0.15) is 0 Å². The van der Waals surface area contributed by atoms with Crippen molar-refractivity contribution >= 4 is 17.3 Å². The minimum atomic E-state index is 0.695. The van der Waals surface area contributed by atoms with Crippen molar-refractivity contribution in [3.05, 3.63) is 53.1 Å². The molecule has 0 aliphatic heterocycles. The molecule has 0 heterocycles. The molecule has 2 N–H and O–H groups in total. The van der Waals surface area contributed by atoms with E-state index in [4.69, 9.17) is 17.3 Å². The standard InChI is InChI=1S/C14H14ClN/c1-2-10-4-3-5-11(8-10)13-7-6-12(16)9-14(13)15/h3-9H,2,16H2,1H3. The van der Waals surface area contributed by atoms with Gasteiger partial charge in [-0.15, -0.1) is 0 Å². The highest BCUT2D eigenvalue weighted by Gasteiger charge is 2.03.